The van der Waals surface area contributed by atoms with Crippen molar-refractivity contribution in [1.29, 1.82) is 0 Å². The molecule has 1 amide bonds. The van der Waals surface area contributed by atoms with Crippen LogP contribution in [0.5, 0.6) is 0 Å². The summed E-state index contributed by atoms with van der Waals surface area (Å²) in [6.45, 7) is 8.54. The Hall–Kier alpha value is -2.63. The van der Waals surface area contributed by atoms with E-state index in [2.05, 4.69) is 15.5 Å². The number of hydrogen-bond acceptors (Lipinski definition) is 4. The number of nitrogens with one attached hydrogen (secondary N) is 1. The van der Waals surface area contributed by atoms with Crippen molar-refractivity contribution < 1.29 is 9.21 Å². The molecule has 0 radical (unpaired) electrons. The maximum absolute atomic E-state index is 12.6. The summed E-state index contributed by atoms with van der Waals surface area (Å²) in [6.07, 6.45) is 1.66. The van der Waals surface area contributed by atoms with Gasteiger partial charge in [-0.05, 0) is 39.3 Å². The Bertz CT molecular complexity index is 863. The minimum atomic E-state index is -0.251. The third kappa shape index (κ3) is 2.72. The fourth-order valence-corrected chi connectivity index (χ4v) is 2.72. The van der Waals surface area contributed by atoms with E-state index in [9.17, 15) is 4.79 Å². The third-order valence-corrected chi connectivity index (χ3v) is 4.02. The number of carbonyl (C=O) groups is 1. The lowest BCUT2D eigenvalue weighted by Gasteiger charge is -2.13. The Morgan fingerprint density at radius 3 is 2.91 bits per heavy atom. The number of carbonyl (C=O) groups excluding carboxylic acids is 1. The summed E-state index contributed by atoms with van der Waals surface area (Å²) in [4.78, 5) is 12.6. The molecule has 0 saturated carbocycles. The van der Waals surface area contributed by atoms with Crippen LogP contribution < -0.4 is 5.32 Å². The second-order valence-corrected chi connectivity index (χ2v) is 5.73. The number of amides is 1. The highest BCUT2D eigenvalue weighted by Crippen LogP contribution is 2.26. The predicted octanol–water partition coefficient (Wildman–Crippen LogP) is 3.15. The lowest BCUT2D eigenvalue weighted by Crippen LogP contribution is -2.28. The first-order valence-corrected chi connectivity index (χ1v) is 7.69. The average Bonchev–Trinajstić information content (AvgIpc) is 3.11. The molecule has 120 valence electrons. The molecule has 1 aromatic carbocycles. The Balaban J connectivity index is 1.87. The van der Waals surface area contributed by atoms with Gasteiger partial charge in [-0.25, -0.2) is 0 Å². The third-order valence-electron chi connectivity index (χ3n) is 4.02. The Labute approximate surface area is 134 Å². The minimum absolute atomic E-state index is 0.241. The number of rotatable bonds is 4. The molecule has 0 fully saturated rings. The molecule has 23 heavy (non-hydrogen) atoms. The van der Waals surface area contributed by atoms with Crippen molar-refractivity contribution in [2.75, 3.05) is 0 Å². The first-order chi connectivity index (χ1) is 11.0. The van der Waals surface area contributed by atoms with E-state index in [-0.39, 0.29) is 11.9 Å². The molecule has 6 nitrogen and oxygen atoms in total. The van der Waals surface area contributed by atoms with Crippen LogP contribution in [0.4, 0.5) is 0 Å². The molecule has 0 bridgehead atoms. The van der Waals surface area contributed by atoms with Crippen LogP contribution >= 0.6 is 0 Å². The molecule has 0 saturated heterocycles. The van der Waals surface area contributed by atoms with Gasteiger partial charge in [0.15, 0.2) is 11.6 Å². The van der Waals surface area contributed by atoms with Gasteiger partial charge in [-0.2, -0.15) is 0 Å². The summed E-state index contributed by atoms with van der Waals surface area (Å²) < 4.78 is 7.66. The molecule has 2 heterocycles. The average molecular weight is 312 g/mol. The summed E-state index contributed by atoms with van der Waals surface area (Å²) in [5, 5.41) is 11.9. The highest BCUT2D eigenvalue weighted by Gasteiger charge is 2.21. The molecule has 0 aliphatic carbocycles. The van der Waals surface area contributed by atoms with Crippen LogP contribution in [0.15, 0.2) is 28.9 Å². The standard InChI is InChI=1S/C17H20N4O2/c1-5-21-9-18-20-16(21)12(4)19-17(22)15-11(3)13-7-6-10(2)8-14(13)23-15/h6-9,12H,5H2,1-4H3,(H,19,22). The molecule has 0 aliphatic rings. The van der Waals surface area contributed by atoms with Gasteiger partial charge >= 0.3 is 0 Å². The van der Waals surface area contributed by atoms with Crippen LogP contribution in [0.25, 0.3) is 11.0 Å². The van der Waals surface area contributed by atoms with Crippen molar-refractivity contribution in [3.05, 3.63) is 47.2 Å². The Kier molecular flexibility index (Phi) is 3.90. The van der Waals surface area contributed by atoms with Crippen LogP contribution in [0, 0.1) is 13.8 Å². The quantitative estimate of drug-likeness (QED) is 0.803. The summed E-state index contributed by atoms with van der Waals surface area (Å²) in [6, 6.07) is 5.69. The molecule has 3 aromatic rings. The molecule has 1 unspecified atom stereocenters. The first-order valence-electron chi connectivity index (χ1n) is 7.69. The van der Waals surface area contributed by atoms with Crippen LogP contribution in [0.1, 0.15) is 47.4 Å². The van der Waals surface area contributed by atoms with Gasteiger partial charge in [-0.1, -0.05) is 12.1 Å². The van der Waals surface area contributed by atoms with Crippen molar-refractivity contribution in [3.63, 3.8) is 0 Å². The summed E-state index contributed by atoms with van der Waals surface area (Å²) in [7, 11) is 0. The first kappa shape index (κ1) is 15.3. The zero-order valence-corrected chi connectivity index (χ0v) is 13.8. The second kappa shape index (κ2) is 5.87. The smallest absolute Gasteiger partial charge is 0.287 e. The fourth-order valence-electron chi connectivity index (χ4n) is 2.72. The van der Waals surface area contributed by atoms with Crippen molar-refractivity contribution in [2.45, 2.75) is 40.3 Å². The monoisotopic (exact) mass is 312 g/mol. The number of aryl methyl sites for hydroxylation is 3. The maximum Gasteiger partial charge on any atom is 0.287 e. The summed E-state index contributed by atoms with van der Waals surface area (Å²) >= 11 is 0. The van der Waals surface area contributed by atoms with Gasteiger partial charge in [-0.3, -0.25) is 4.79 Å². The van der Waals surface area contributed by atoms with E-state index in [4.69, 9.17) is 4.42 Å². The minimum Gasteiger partial charge on any atom is -0.451 e. The van der Waals surface area contributed by atoms with Crippen LogP contribution in [0.2, 0.25) is 0 Å². The second-order valence-electron chi connectivity index (χ2n) is 5.73. The van der Waals surface area contributed by atoms with Crippen molar-refractivity contribution >= 4 is 16.9 Å². The van der Waals surface area contributed by atoms with Gasteiger partial charge in [0.2, 0.25) is 0 Å². The number of nitrogens with zero attached hydrogens (tertiary/aromatic N) is 3. The van der Waals surface area contributed by atoms with E-state index in [1.54, 1.807) is 6.33 Å². The van der Waals surface area contributed by atoms with E-state index in [1.807, 2.05) is 50.5 Å². The lowest BCUT2D eigenvalue weighted by atomic mass is 10.1. The maximum atomic E-state index is 12.6. The SMILES string of the molecule is CCn1cnnc1C(C)NC(=O)c1oc2cc(C)ccc2c1C. The van der Waals surface area contributed by atoms with Gasteiger partial charge in [0.05, 0.1) is 6.04 Å². The van der Waals surface area contributed by atoms with Gasteiger partial charge in [0.1, 0.15) is 11.9 Å². The molecule has 6 heteroatoms. The molecule has 0 spiro atoms. The molecular formula is C17H20N4O2. The Morgan fingerprint density at radius 1 is 1.39 bits per heavy atom. The van der Waals surface area contributed by atoms with Crippen LogP contribution in [0.3, 0.4) is 0 Å². The molecular weight excluding hydrogens is 292 g/mol. The van der Waals surface area contributed by atoms with Gasteiger partial charge in [0, 0.05) is 17.5 Å². The summed E-state index contributed by atoms with van der Waals surface area (Å²) in [5.74, 6) is 0.833. The lowest BCUT2D eigenvalue weighted by molar-refractivity contribution is 0.0911. The normalized spacial score (nSPS) is 12.5. The molecule has 3 rings (SSSR count). The number of hydrogen-bond donors (Lipinski definition) is 1. The number of fused-ring (bicyclic) bond motifs is 1. The zero-order chi connectivity index (χ0) is 16.6. The largest absolute Gasteiger partial charge is 0.451 e. The summed E-state index contributed by atoms with van der Waals surface area (Å²) in [5.41, 5.74) is 2.68. The highest BCUT2D eigenvalue weighted by atomic mass is 16.3. The van der Waals surface area contributed by atoms with E-state index in [0.717, 1.165) is 34.5 Å². The number of benzene rings is 1. The molecule has 0 aliphatic heterocycles. The predicted molar refractivity (Wildman–Crippen MR) is 87.3 cm³/mol. The van der Waals surface area contributed by atoms with E-state index in [1.165, 1.54) is 0 Å². The van der Waals surface area contributed by atoms with Crippen molar-refractivity contribution in [2.24, 2.45) is 0 Å². The van der Waals surface area contributed by atoms with Crippen molar-refractivity contribution in [1.82, 2.24) is 20.1 Å². The van der Waals surface area contributed by atoms with Crippen molar-refractivity contribution in [3.8, 4) is 0 Å². The van der Waals surface area contributed by atoms with E-state index < -0.39 is 0 Å². The van der Waals surface area contributed by atoms with Crippen LogP contribution in [-0.4, -0.2) is 20.7 Å². The molecule has 2 aromatic heterocycles. The highest BCUT2D eigenvalue weighted by molar-refractivity contribution is 5.99. The van der Waals surface area contributed by atoms with Gasteiger partial charge < -0.3 is 14.3 Å². The molecule has 1 atom stereocenters. The van der Waals surface area contributed by atoms with E-state index >= 15 is 0 Å². The topological polar surface area (TPSA) is 73.0 Å². The van der Waals surface area contributed by atoms with Gasteiger partial charge in [-0.15, -0.1) is 10.2 Å². The number of furan rings is 1. The zero-order valence-electron chi connectivity index (χ0n) is 13.8. The van der Waals surface area contributed by atoms with Crippen LogP contribution in [-0.2, 0) is 6.54 Å². The molecule has 1 N–H and O–H groups in total. The van der Waals surface area contributed by atoms with E-state index in [0.29, 0.717) is 5.76 Å². The number of aromatic nitrogens is 3. The fraction of sp³-hybridized carbons (Fsp3) is 0.353. The Morgan fingerprint density at radius 2 is 2.17 bits per heavy atom. The van der Waals surface area contributed by atoms with Gasteiger partial charge in [0.25, 0.3) is 5.91 Å².